The first kappa shape index (κ1) is 19.9. The van der Waals surface area contributed by atoms with Gasteiger partial charge >= 0.3 is 0 Å². The van der Waals surface area contributed by atoms with E-state index in [1.807, 2.05) is 11.3 Å². The number of hydrogen-bond donors (Lipinski definition) is 1. The Labute approximate surface area is 212 Å². The Morgan fingerprint density at radius 2 is 1.06 bits per heavy atom. The van der Waals surface area contributed by atoms with Gasteiger partial charge in [-0.1, -0.05) is 115 Å². The molecule has 0 aliphatic rings. The van der Waals surface area contributed by atoms with Crippen molar-refractivity contribution in [2.75, 3.05) is 0 Å². The number of aromatic amines is 1. The van der Waals surface area contributed by atoms with Crippen molar-refractivity contribution in [3.05, 3.63) is 121 Å². The van der Waals surface area contributed by atoms with Crippen LogP contribution in [0.5, 0.6) is 0 Å². The quantitative estimate of drug-likeness (QED) is 0.256. The number of H-pyrrole nitrogens is 1. The van der Waals surface area contributed by atoms with Crippen LogP contribution in [-0.4, -0.2) is 4.98 Å². The van der Waals surface area contributed by atoms with Crippen molar-refractivity contribution < 1.29 is 0 Å². The lowest BCUT2D eigenvalue weighted by atomic mass is 9.97. The SMILES string of the molecule is c1ccc(-c2ccc(-c3cccc4c3sc3c4c4ccccc4c4[nH]c5ccccc5c43)cc2)cc1. The minimum absolute atomic E-state index is 1.19. The smallest absolute Gasteiger partial charge is 0.0559 e. The fourth-order valence-electron chi connectivity index (χ4n) is 5.76. The molecule has 2 heteroatoms. The molecule has 0 amide bonds. The fourth-order valence-corrected chi connectivity index (χ4v) is 7.18. The van der Waals surface area contributed by atoms with Crippen molar-refractivity contribution in [1.82, 2.24) is 4.98 Å². The van der Waals surface area contributed by atoms with E-state index in [1.165, 1.54) is 75.0 Å². The molecule has 0 radical (unpaired) electrons. The van der Waals surface area contributed by atoms with E-state index in [2.05, 4.69) is 126 Å². The molecule has 2 aromatic heterocycles. The number of nitrogens with one attached hydrogen (secondary N) is 1. The Morgan fingerprint density at radius 1 is 0.417 bits per heavy atom. The number of fused-ring (bicyclic) bond motifs is 10. The van der Waals surface area contributed by atoms with E-state index in [1.54, 1.807) is 0 Å². The van der Waals surface area contributed by atoms with Crippen molar-refractivity contribution in [2.24, 2.45) is 0 Å². The molecule has 168 valence electrons. The van der Waals surface area contributed by atoms with E-state index >= 15 is 0 Å². The molecule has 1 N–H and O–H groups in total. The lowest BCUT2D eigenvalue weighted by Gasteiger charge is -2.07. The lowest BCUT2D eigenvalue weighted by Crippen LogP contribution is -1.81. The Kier molecular flexibility index (Phi) is 4.16. The highest BCUT2D eigenvalue weighted by atomic mass is 32.1. The average Bonchev–Trinajstić information content (AvgIpc) is 3.53. The summed E-state index contributed by atoms with van der Waals surface area (Å²) < 4.78 is 2.72. The van der Waals surface area contributed by atoms with Gasteiger partial charge in [0, 0.05) is 41.8 Å². The molecule has 0 unspecified atom stereocenters. The van der Waals surface area contributed by atoms with E-state index in [-0.39, 0.29) is 0 Å². The van der Waals surface area contributed by atoms with Gasteiger partial charge in [0.25, 0.3) is 0 Å². The fraction of sp³-hybridized carbons (Fsp3) is 0. The molecule has 8 aromatic rings. The van der Waals surface area contributed by atoms with Gasteiger partial charge in [-0.25, -0.2) is 0 Å². The standard InChI is InChI=1S/C34H21NS/c1-2-9-21(10-3-1)22-17-19-23(20-18-22)24-14-8-15-28-30-25-11-4-5-12-26(25)32-31(34(30)36-33(24)28)27-13-6-7-16-29(27)35-32/h1-20,35H. The van der Waals surface area contributed by atoms with Gasteiger partial charge in [-0.3, -0.25) is 0 Å². The number of para-hydroxylation sites is 1. The maximum absolute atomic E-state index is 3.73. The van der Waals surface area contributed by atoms with Crippen LogP contribution in [0.25, 0.3) is 75.0 Å². The van der Waals surface area contributed by atoms with Crippen molar-refractivity contribution in [3.63, 3.8) is 0 Å². The summed E-state index contributed by atoms with van der Waals surface area (Å²) in [5.74, 6) is 0. The van der Waals surface area contributed by atoms with Crippen LogP contribution >= 0.6 is 11.3 Å². The molecule has 0 spiro atoms. The van der Waals surface area contributed by atoms with Gasteiger partial charge in [-0.15, -0.1) is 11.3 Å². The highest BCUT2D eigenvalue weighted by Crippen LogP contribution is 2.48. The molecule has 0 saturated heterocycles. The molecule has 0 saturated carbocycles. The van der Waals surface area contributed by atoms with E-state index in [4.69, 9.17) is 0 Å². The van der Waals surface area contributed by atoms with Crippen molar-refractivity contribution in [1.29, 1.82) is 0 Å². The first-order chi connectivity index (χ1) is 17.9. The third kappa shape index (κ3) is 2.76. The van der Waals surface area contributed by atoms with E-state index in [0.717, 1.165) is 0 Å². The maximum Gasteiger partial charge on any atom is 0.0559 e. The zero-order chi connectivity index (χ0) is 23.6. The predicted molar refractivity (Wildman–Crippen MR) is 157 cm³/mol. The molecule has 8 rings (SSSR count). The highest BCUT2D eigenvalue weighted by molar-refractivity contribution is 7.27. The second kappa shape index (κ2) is 7.55. The Hall–Kier alpha value is -4.40. The van der Waals surface area contributed by atoms with Gasteiger partial charge in [0.05, 0.1) is 5.52 Å². The Balaban J connectivity index is 1.46. The van der Waals surface area contributed by atoms with Gasteiger partial charge < -0.3 is 4.98 Å². The van der Waals surface area contributed by atoms with Crippen molar-refractivity contribution in [2.45, 2.75) is 0 Å². The molecule has 2 heterocycles. The molecule has 0 aliphatic heterocycles. The molecule has 0 fully saturated rings. The summed E-state index contributed by atoms with van der Waals surface area (Å²) in [6.07, 6.45) is 0. The van der Waals surface area contributed by atoms with E-state index in [9.17, 15) is 0 Å². The monoisotopic (exact) mass is 475 g/mol. The van der Waals surface area contributed by atoms with E-state index < -0.39 is 0 Å². The number of thiophene rings is 1. The predicted octanol–water partition coefficient (Wildman–Crippen LogP) is 10.2. The van der Waals surface area contributed by atoms with Gasteiger partial charge in [-0.2, -0.15) is 0 Å². The zero-order valence-corrected chi connectivity index (χ0v) is 20.3. The molecular weight excluding hydrogens is 454 g/mol. The van der Waals surface area contributed by atoms with Crippen LogP contribution in [0.3, 0.4) is 0 Å². The van der Waals surface area contributed by atoms with Gasteiger partial charge in [0.15, 0.2) is 0 Å². The van der Waals surface area contributed by atoms with Crippen LogP contribution in [-0.2, 0) is 0 Å². The minimum atomic E-state index is 1.19. The van der Waals surface area contributed by atoms with Gasteiger partial charge in [0.2, 0.25) is 0 Å². The summed E-state index contributed by atoms with van der Waals surface area (Å²) in [6.45, 7) is 0. The highest BCUT2D eigenvalue weighted by Gasteiger charge is 2.19. The van der Waals surface area contributed by atoms with Gasteiger partial charge in [-0.05, 0) is 33.7 Å². The molecule has 0 bridgehead atoms. The first-order valence-electron chi connectivity index (χ1n) is 12.3. The molecule has 6 aromatic carbocycles. The van der Waals surface area contributed by atoms with Crippen LogP contribution in [0.2, 0.25) is 0 Å². The summed E-state index contributed by atoms with van der Waals surface area (Å²) in [4.78, 5) is 3.73. The number of hydrogen-bond acceptors (Lipinski definition) is 1. The zero-order valence-electron chi connectivity index (χ0n) is 19.5. The van der Waals surface area contributed by atoms with Crippen molar-refractivity contribution in [3.8, 4) is 22.3 Å². The summed E-state index contributed by atoms with van der Waals surface area (Å²) in [7, 11) is 0. The Bertz CT molecular complexity index is 2080. The molecule has 1 nitrogen and oxygen atoms in total. The molecule has 0 atom stereocenters. The summed E-state index contributed by atoms with van der Waals surface area (Å²) in [5, 5.41) is 7.94. The lowest BCUT2D eigenvalue weighted by molar-refractivity contribution is 1.57. The van der Waals surface area contributed by atoms with Crippen LogP contribution in [0, 0.1) is 0 Å². The molecular formula is C34H21NS. The van der Waals surface area contributed by atoms with Crippen LogP contribution in [0.4, 0.5) is 0 Å². The van der Waals surface area contributed by atoms with Crippen LogP contribution < -0.4 is 0 Å². The second-order valence-electron chi connectivity index (χ2n) is 9.40. The third-order valence-corrected chi connectivity index (χ3v) is 8.67. The van der Waals surface area contributed by atoms with Gasteiger partial charge in [0.1, 0.15) is 0 Å². The topological polar surface area (TPSA) is 15.8 Å². The number of rotatable bonds is 2. The third-order valence-electron chi connectivity index (χ3n) is 7.42. The summed E-state index contributed by atoms with van der Waals surface area (Å²) >= 11 is 1.93. The first-order valence-corrected chi connectivity index (χ1v) is 13.1. The maximum atomic E-state index is 3.73. The largest absolute Gasteiger partial charge is 0.354 e. The molecule has 36 heavy (non-hydrogen) atoms. The summed E-state index contributed by atoms with van der Waals surface area (Å²) in [5.41, 5.74) is 7.47. The van der Waals surface area contributed by atoms with E-state index in [0.29, 0.717) is 0 Å². The Morgan fingerprint density at radius 3 is 1.89 bits per heavy atom. The van der Waals surface area contributed by atoms with Crippen LogP contribution in [0.15, 0.2) is 121 Å². The van der Waals surface area contributed by atoms with Crippen molar-refractivity contribution >= 4 is 64.1 Å². The van der Waals surface area contributed by atoms with Crippen LogP contribution in [0.1, 0.15) is 0 Å². The summed E-state index contributed by atoms with van der Waals surface area (Å²) in [6, 6.07) is 43.9. The second-order valence-corrected chi connectivity index (χ2v) is 10.4. The minimum Gasteiger partial charge on any atom is -0.354 e. The number of benzene rings is 6. The average molecular weight is 476 g/mol. The molecule has 0 aliphatic carbocycles. The number of aromatic nitrogens is 1. The normalized spacial score (nSPS) is 11.9.